The topological polar surface area (TPSA) is 80.2 Å². The Labute approximate surface area is 157 Å². The Bertz CT molecular complexity index is 861. The van der Waals surface area contributed by atoms with Crippen molar-refractivity contribution < 1.29 is 19.5 Å². The van der Waals surface area contributed by atoms with Gasteiger partial charge >= 0.3 is 6.09 Å². The molecule has 0 spiro atoms. The molecule has 0 saturated carbocycles. The van der Waals surface area contributed by atoms with Crippen LogP contribution in [0.5, 0.6) is 0 Å². The van der Waals surface area contributed by atoms with E-state index in [0.29, 0.717) is 13.0 Å². The van der Waals surface area contributed by atoms with E-state index in [9.17, 15) is 4.79 Å². The fourth-order valence-electron chi connectivity index (χ4n) is 3.64. The first-order chi connectivity index (χ1) is 13.3. The van der Waals surface area contributed by atoms with Crippen molar-refractivity contribution in [2.75, 3.05) is 13.2 Å². The molecule has 2 aliphatic rings. The van der Waals surface area contributed by atoms with Gasteiger partial charge in [-0.1, -0.05) is 65.8 Å². The Morgan fingerprint density at radius 2 is 1.78 bits per heavy atom. The summed E-state index contributed by atoms with van der Waals surface area (Å²) in [4.78, 5) is 12.3. The molecule has 1 atom stereocenters. The Kier molecular flexibility index (Phi) is 4.78. The number of ether oxygens (including phenoxy) is 2. The van der Waals surface area contributed by atoms with Crippen LogP contribution in [0.2, 0.25) is 0 Å². The van der Waals surface area contributed by atoms with Gasteiger partial charge in [0.1, 0.15) is 19.3 Å². The first-order valence-electron chi connectivity index (χ1n) is 8.89. The van der Waals surface area contributed by atoms with E-state index in [-0.39, 0.29) is 18.4 Å². The largest absolute Gasteiger partial charge is 0.473 e. The quantitative estimate of drug-likeness (QED) is 0.495. The lowest BCUT2D eigenvalue weighted by molar-refractivity contribution is 0.140. The summed E-state index contributed by atoms with van der Waals surface area (Å²) in [6.45, 7) is 0.539. The summed E-state index contributed by atoms with van der Waals surface area (Å²) in [6, 6.07) is 15.8. The van der Waals surface area contributed by atoms with Crippen molar-refractivity contribution in [3.8, 4) is 11.1 Å². The smallest absolute Gasteiger partial charge is 0.407 e. The molecule has 1 amide bonds. The average Bonchev–Trinajstić information content (AvgIpc) is 2.84. The zero-order valence-electron chi connectivity index (χ0n) is 14.7. The minimum Gasteiger partial charge on any atom is -0.473 e. The lowest BCUT2D eigenvalue weighted by Gasteiger charge is -2.18. The number of carbonyl (C=O) groups excluding carboxylic acids is 1. The number of nitrogens with one attached hydrogen (secondary N) is 1. The van der Waals surface area contributed by atoms with E-state index in [1.165, 1.54) is 11.1 Å². The molecule has 138 valence electrons. The highest BCUT2D eigenvalue weighted by atomic mass is 16.6. The summed E-state index contributed by atoms with van der Waals surface area (Å²) in [5.74, 6) is 0.0768. The fourth-order valence-corrected chi connectivity index (χ4v) is 3.64. The fraction of sp³-hybridized carbons (Fsp3) is 0.238. The summed E-state index contributed by atoms with van der Waals surface area (Å²) < 4.78 is 10.8. The molecule has 1 heterocycles. The number of carbonyl (C=O) groups is 1. The van der Waals surface area contributed by atoms with Crippen molar-refractivity contribution in [2.24, 2.45) is 5.16 Å². The van der Waals surface area contributed by atoms with E-state index in [1.54, 1.807) is 0 Å². The second-order valence-electron chi connectivity index (χ2n) is 6.48. The molecule has 6 nitrogen and oxygen atoms in total. The first kappa shape index (κ1) is 17.1. The molecular weight excluding hydrogens is 344 g/mol. The van der Waals surface area contributed by atoms with Gasteiger partial charge in [-0.05, 0) is 28.7 Å². The van der Waals surface area contributed by atoms with Gasteiger partial charge < -0.3 is 20.0 Å². The molecule has 1 unspecified atom stereocenters. The van der Waals surface area contributed by atoms with Crippen molar-refractivity contribution in [3.05, 3.63) is 71.8 Å². The summed E-state index contributed by atoms with van der Waals surface area (Å²) in [7, 11) is 0. The van der Waals surface area contributed by atoms with Crippen LogP contribution in [-0.4, -0.2) is 36.5 Å². The van der Waals surface area contributed by atoms with Crippen molar-refractivity contribution in [1.29, 1.82) is 0 Å². The highest BCUT2D eigenvalue weighted by Gasteiger charge is 2.29. The van der Waals surface area contributed by atoms with Gasteiger partial charge in [0.2, 0.25) is 5.90 Å². The summed E-state index contributed by atoms with van der Waals surface area (Å²) in [5.41, 5.74) is 4.67. The lowest BCUT2D eigenvalue weighted by Crippen LogP contribution is -2.41. The number of nitrogens with zero attached hydrogens (tertiary/aromatic N) is 1. The van der Waals surface area contributed by atoms with Gasteiger partial charge in [-0.25, -0.2) is 4.79 Å². The highest BCUT2D eigenvalue weighted by Crippen LogP contribution is 2.44. The molecule has 0 aromatic heterocycles. The third-order valence-corrected chi connectivity index (χ3v) is 4.90. The van der Waals surface area contributed by atoms with Gasteiger partial charge in [-0.2, -0.15) is 0 Å². The van der Waals surface area contributed by atoms with E-state index >= 15 is 0 Å². The molecule has 1 aliphatic carbocycles. The Morgan fingerprint density at radius 3 is 2.44 bits per heavy atom. The maximum atomic E-state index is 12.3. The van der Waals surface area contributed by atoms with Gasteiger partial charge in [-0.3, -0.25) is 0 Å². The van der Waals surface area contributed by atoms with Crippen LogP contribution in [0.1, 0.15) is 23.5 Å². The van der Waals surface area contributed by atoms with Crippen molar-refractivity contribution in [3.63, 3.8) is 0 Å². The van der Waals surface area contributed by atoms with E-state index in [0.717, 1.165) is 11.1 Å². The van der Waals surface area contributed by atoms with Crippen molar-refractivity contribution in [1.82, 2.24) is 5.32 Å². The normalized spacial score (nSPS) is 19.7. The van der Waals surface area contributed by atoms with Gasteiger partial charge in [0.25, 0.3) is 0 Å². The van der Waals surface area contributed by atoms with Crippen molar-refractivity contribution >= 4 is 12.0 Å². The minimum absolute atomic E-state index is 0.000547. The number of alkyl carbamates (subject to hydrolysis) is 1. The number of benzene rings is 2. The molecule has 4 rings (SSSR count). The number of amides is 1. The molecule has 2 aromatic rings. The molecule has 0 bridgehead atoms. The van der Waals surface area contributed by atoms with E-state index < -0.39 is 12.1 Å². The van der Waals surface area contributed by atoms with Crippen LogP contribution < -0.4 is 5.32 Å². The van der Waals surface area contributed by atoms with Crippen LogP contribution in [0, 0.1) is 0 Å². The number of fused-ring (bicyclic) bond motifs is 3. The number of rotatable bonds is 3. The molecule has 0 fully saturated rings. The Morgan fingerprint density at radius 1 is 1.11 bits per heavy atom. The maximum Gasteiger partial charge on any atom is 0.407 e. The van der Waals surface area contributed by atoms with Crippen molar-refractivity contribution in [2.45, 2.75) is 18.4 Å². The standard InChI is InChI=1S/C21H20N2O4/c24-21(22-19-11-5-6-12-26-20(19)23-25)27-13-18-16-9-3-1-7-14(16)15-8-2-4-10-17(15)18/h1-10,18-19,25H,11-13H2,(H,22,24)/b23-20+. The van der Waals surface area contributed by atoms with Gasteiger partial charge in [-0.15, -0.1) is 0 Å². The molecule has 27 heavy (non-hydrogen) atoms. The molecule has 2 aromatic carbocycles. The lowest BCUT2D eigenvalue weighted by atomic mass is 9.98. The van der Waals surface area contributed by atoms with E-state index in [1.807, 2.05) is 36.4 Å². The highest BCUT2D eigenvalue weighted by molar-refractivity contribution is 5.86. The second-order valence-corrected chi connectivity index (χ2v) is 6.48. The predicted octanol–water partition coefficient (Wildman–Crippen LogP) is 3.66. The number of hydrogen-bond donors (Lipinski definition) is 2. The minimum atomic E-state index is -0.568. The molecule has 6 heteroatoms. The van der Waals surface area contributed by atoms with Crippen LogP contribution in [0.3, 0.4) is 0 Å². The summed E-state index contributed by atoms with van der Waals surface area (Å²) >= 11 is 0. The zero-order valence-corrected chi connectivity index (χ0v) is 14.7. The van der Waals surface area contributed by atoms with E-state index in [2.05, 4.69) is 34.7 Å². The molecule has 0 saturated heterocycles. The van der Waals surface area contributed by atoms with Gasteiger partial charge in [0.15, 0.2) is 0 Å². The van der Waals surface area contributed by atoms with Gasteiger partial charge in [0.05, 0.1) is 0 Å². The van der Waals surface area contributed by atoms with E-state index in [4.69, 9.17) is 14.7 Å². The van der Waals surface area contributed by atoms with Crippen LogP contribution in [0.15, 0.2) is 65.8 Å². The molecule has 1 aliphatic heterocycles. The first-order valence-corrected chi connectivity index (χ1v) is 8.89. The molecule has 2 N–H and O–H groups in total. The van der Waals surface area contributed by atoms with Crippen LogP contribution in [0.4, 0.5) is 4.79 Å². The maximum absolute atomic E-state index is 12.3. The SMILES string of the molecule is O=C(NC1CC=CCO/C1=N/O)OCC1c2ccccc2-c2ccccc21. The third-order valence-electron chi connectivity index (χ3n) is 4.90. The third kappa shape index (κ3) is 3.38. The van der Waals surface area contributed by atoms with Crippen LogP contribution in [0.25, 0.3) is 11.1 Å². The molecular formula is C21H20N2O4. The second kappa shape index (κ2) is 7.53. The zero-order chi connectivity index (χ0) is 18.6. The molecule has 0 radical (unpaired) electrons. The Hall–Kier alpha value is -3.28. The number of oxime groups is 1. The van der Waals surface area contributed by atoms with Crippen LogP contribution >= 0.6 is 0 Å². The Balaban J connectivity index is 1.46. The average molecular weight is 364 g/mol. The number of hydrogen-bond acceptors (Lipinski definition) is 5. The monoisotopic (exact) mass is 364 g/mol. The summed E-state index contributed by atoms with van der Waals surface area (Å²) in [5, 5.41) is 14.9. The summed E-state index contributed by atoms with van der Waals surface area (Å²) in [6.07, 6.45) is 3.59. The predicted molar refractivity (Wildman–Crippen MR) is 101 cm³/mol. The van der Waals surface area contributed by atoms with Gasteiger partial charge in [0, 0.05) is 5.92 Å². The van der Waals surface area contributed by atoms with Crippen LogP contribution in [-0.2, 0) is 9.47 Å².